The molecule has 2 amide bonds. The molecular weight excluding hydrogens is 859 g/mol. The fraction of sp³-hybridized carbons (Fsp3) is 0.449. The number of fused-ring (bicyclic) bond motifs is 4. The van der Waals surface area contributed by atoms with E-state index in [1.807, 2.05) is 31.5 Å². The molecule has 18 nitrogen and oxygen atoms in total. The van der Waals surface area contributed by atoms with E-state index in [9.17, 15) is 24.0 Å². The number of Topliss-reactive ketones (excluding diaryl/α,β-unsaturated/α-hetero) is 3. The first-order valence-electron chi connectivity index (χ1n) is 23.1. The number of benzene rings is 2. The third-order valence-electron chi connectivity index (χ3n) is 12.7. The van der Waals surface area contributed by atoms with Gasteiger partial charge in [0.2, 0.25) is 5.82 Å². The van der Waals surface area contributed by atoms with E-state index < -0.39 is 11.9 Å². The van der Waals surface area contributed by atoms with Crippen molar-refractivity contribution >= 4 is 62.7 Å². The molecule has 350 valence electrons. The summed E-state index contributed by atoms with van der Waals surface area (Å²) in [6, 6.07) is 10.9. The number of amides is 2. The predicted octanol–water partition coefficient (Wildman–Crippen LogP) is 6.16. The fourth-order valence-corrected chi connectivity index (χ4v) is 9.13. The van der Waals surface area contributed by atoms with Gasteiger partial charge in [-0.3, -0.25) is 24.0 Å². The minimum Gasteiger partial charge on any atom is -0.379 e. The first kappa shape index (κ1) is 45.5. The van der Waals surface area contributed by atoms with Gasteiger partial charge in [0.1, 0.15) is 34.6 Å². The molecular formula is C49H55N9O9. The van der Waals surface area contributed by atoms with Crippen LogP contribution in [0.2, 0.25) is 0 Å². The average Bonchev–Trinajstić information content (AvgIpc) is 3.69. The summed E-state index contributed by atoms with van der Waals surface area (Å²) in [7, 11) is 0. The van der Waals surface area contributed by atoms with Gasteiger partial charge in [0.05, 0.1) is 68.9 Å². The zero-order chi connectivity index (χ0) is 46.8. The molecule has 67 heavy (non-hydrogen) atoms. The molecule has 2 fully saturated rings. The molecule has 6 aromatic rings. The number of rotatable bonds is 21. The Morgan fingerprint density at radius 3 is 2.43 bits per heavy atom. The van der Waals surface area contributed by atoms with Crippen LogP contribution in [0.1, 0.15) is 106 Å². The molecule has 0 bridgehead atoms. The second-order valence-electron chi connectivity index (χ2n) is 17.5. The van der Waals surface area contributed by atoms with E-state index >= 15 is 0 Å². The third-order valence-corrected chi connectivity index (χ3v) is 12.7. The van der Waals surface area contributed by atoms with E-state index in [0.29, 0.717) is 62.3 Å². The van der Waals surface area contributed by atoms with Crippen molar-refractivity contribution in [2.75, 3.05) is 51.5 Å². The van der Waals surface area contributed by atoms with Crippen LogP contribution in [0.4, 0.5) is 11.6 Å². The van der Waals surface area contributed by atoms with E-state index in [1.165, 1.54) is 0 Å². The maximum absolute atomic E-state index is 13.5. The summed E-state index contributed by atoms with van der Waals surface area (Å²) in [6.07, 6.45) is 3.10. The summed E-state index contributed by atoms with van der Waals surface area (Å²) in [5, 5.41) is 17.0. The monoisotopic (exact) mass is 913 g/mol. The Labute approximate surface area is 386 Å². The molecule has 18 heteroatoms. The van der Waals surface area contributed by atoms with Crippen molar-refractivity contribution in [2.24, 2.45) is 0 Å². The van der Waals surface area contributed by atoms with Crippen LogP contribution < -0.4 is 10.6 Å². The van der Waals surface area contributed by atoms with Gasteiger partial charge in [-0.15, -0.1) is 0 Å². The minimum absolute atomic E-state index is 0.000265. The lowest BCUT2D eigenvalue weighted by Crippen LogP contribution is -2.44. The van der Waals surface area contributed by atoms with Crippen molar-refractivity contribution < 1.29 is 42.7 Å². The Hall–Kier alpha value is -6.63. The summed E-state index contributed by atoms with van der Waals surface area (Å²) in [5.41, 5.74) is 8.20. The van der Waals surface area contributed by atoms with Gasteiger partial charge in [-0.05, 0) is 87.4 Å². The number of aryl methyl sites for hydroxylation is 4. The fourth-order valence-electron chi connectivity index (χ4n) is 9.13. The van der Waals surface area contributed by atoms with Crippen molar-refractivity contribution in [1.82, 2.24) is 40.1 Å². The Morgan fingerprint density at radius 2 is 1.70 bits per heavy atom. The number of aromatic nitrogens is 6. The van der Waals surface area contributed by atoms with Crippen LogP contribution in [0.5, 0.6) is 0 Å². The summed E-state index contributed by atoms with van der Waals surface area (Å²) in [4.78, 5) is 78.3. The number of carbonyl (C=O) groups is 5. The van der Waals surface area contributed by atoms with Crippen LogP contribution in [-0.4, -0.2) is 116 Å². The average molecular weight is 914 g/mol. The lowest BCUT2D eigenvalue weighted by Gasteiger charge is -2.29. The highest BCUT2D eigenvalue weighted by atomic mass is 16.5. The van der Waals surface area contributed by atoms with Crippen molar-refractivity contribution in [3.63, 3.8) is 0 Å². The van der Waals surface area contributed by atoms with Gasteiger partial charge < -0.3 is 39.3 Å². The maximum atomic E-state index is 13.5. The summed E-state index contributed by atoms with van der Waals surface area (Å²) in [5.74, 6) is 1.46. The van der Waals surface area contributed by atoms with Gasteiger partial charge in [-0.1, -0.05) is 17.3 Å². The largest absolute Gasteiger partial charge is 0.379 e. The van der Waals surface area contributed by atoms with E-state index in [2.05, 4.69) is 45.9 Å². The van der Waals surface area contributed by atoms with Gasteiger partial charge in [0, 0.05) is 72.9 Å². The highest BCUT2D eigenvalue weighted by Crippen LogP contribution is 2.41. The van der Waals surface area contributed by atoms with Crippen molar-refractivity contribution in [1.29, 1.82) is 0 Å². The third kappa shape index (κ3) is 9.78. The Balaban J connectivity index is 0.727. The molecule has 3 aliphatic rings. The van der Waals surface area contributed by atoms with Crippen LogP contribution in [-0.2, 0) is 48.1 Å². The lowest BCUT2D eigenvalue weighted by molar-refractivity contribution is -0.133. The number of H-pyrrole nitrogens is 1. The van der Waals surface area contributed by atoms with E-state index in [4.69, 9.17) is 33.8 Å². The minimum atomic E-state index is -0.603. The Bertz CT molecular complexity index is 2870. The molecule has 2 aromatic carbocycles. The number of anilines is 2. The van der Waals surface area contributed by atoms with Crippen LogP contribution in [0, 0.1) is 20.8 Å². The summed E-state index contributed by atoms with van der Waals surface area (Å²) >= 11 is 0. The summed E-state index contributed by atoms with van der Waals surface area (Å²) in [6.45, 7) is 10.8. The van der Waals surface area contributed by atoms with E-state index in [-0.39, 0.29) is 81.1 Å². The van der Waals surface area contributed by atoms with Crippen molar-refractivity contribution in [3.8, 4) is 11.1 Å². The lowest BCUT2D eigenvalue weighted by atomic mass is 9.92. The first-order chi connectivity index (χ1) is 32.5. The number of aromatic amines is 1. The molecule has 5 heterocycles. The highest BCUT2D eigenvalue weighted by molar-refractivity contribution is 6.14. The highest BCUT2D eigenvalue weighted by Gasteiger charge is 2.40. The van der Waals surface area contributed by atoms with Crippen LogP contribution in [0.25, 0.3) is 33.1 Å². The SMILES string of the molecule is CCn1nc(C2CC2)cc1Nc1nc(C(=O)NCCOCCOCCOCCC(=O)Cc2cccc3c2CN(C2CCC(=O)CC2=O)C3=O)nc2[nH]c3cc(-c4c(C)noc4C)c(C)cc3c12. The van der Waals surface area contributed by atoms with E-state index in [1.54, 1.807) is 17.0 Å². The van der Waals surface area contributed by atoms with Gasteiger partial charge in [0.25, 0.3) is 11.8 Å². The second kappa shape index (κ2) is 19.7. The van der Waals surface area contributed by atoms with Crippen LogP contribution in [0.3, 0.4) is 0 Å². The first-order valence-corrected chi connectivity index (χ1v) is 23.1. The number of hydrogen-bond acceptors (Lipinski definition) is 14. The molecule has 9 rings (SSSR count). The number of carbonyl (C=O) groups excluding carboxylic acids is 5. The van der Waals surface area contributed by atoms with Gasteiger partial charge in [0.15, 0.2) is 5.78 Å². The quantitative estimate of drug-likeness (QED) is 0.0544. The maximum Gasteiger partial charge on any atom is 0.289 e. The molecule has 1 unspecified atom stereocenters. The normalized spacial score (nSPS) is 16.1. The van der Waals surface area contributed by atoms with Crippen molar-refractivity contribution in [2.45, 2.75) is 97.7 Å². The van der Waals surface area contributed by atoms with Crippen LogP contribution >= 0.6 is 0 Å². The number of hydrogen-bond donors (Lipinski definition) is 3. The molecule has 2 aliphatic carbocycles. The molecule has 0 radical (unpaired) electrons. The smallest absolute Gasteiger partial charge is 0.289 e. The molecule has 4 aromatic heterocycles. The topological polar surface area (TPSA) is 226 Å². The molecule has 2 saturated carbocycles. The van der Waals surface area contributed by atoms with Gasteiger partial charge >= 0.3 is 0 Å². The molecule has 0 spiro atoms. The molecule has 0 saturated heterocycles. The van der Waals surface area contributed by atoms with Gasteiger partial charge in [-0.2, -0.15) is 5.10 Å². The number of nitrogens with zero attached hydrogens (tertiary/aromatic N) is 6. The number of ketones is 3. The van der Waals surface area contributed by atoms with Crippen LogP contribution in [0.15, 0.2) is 40.9 Å². The number of nitrogens with one attached hydrogen (secondary N) is 3. The number of ether oxygens (including phenoxy) is 3. The Morgan fingerprint density at radius 1 is 0.925 bits per heavy atom. The molecule has 1 aliphatic heterocycles. The molecule has 1 atom stereocenters. The van der Waals surface area contributed by atoms with Gasteiger partial charge in [-0.25, -0.2) is 14.6 Å². The van der Waals surface area contributed by atoms with Crippen molar-refractivity contribution in [3.05, 3.63) is 81.6 Å². The standard InChI is InChI=1S/C49H55N9O9/c1-5-58-42(25-38(55-58)30-9-10-30)52-46-44-36-21-27(2)35(43-28(3)56-67-29(43)4)24-39(36)51-45(44)53-47(54-46)48(62)50-14-16-65-18-20-66-19-17-64-15-13-33(60)22-31-7-6-8-34-37(31)26-57(49(34)63)40-12-11-32(59)23-41(40)61/h6-8,21,24-25,30,40H,5,9-20,22-23,26H2,1-4H3,(H,50,62)(H2,51,52,53,54). The second-order valence-corrected chi connectivity index (χ2v) is 17.5. The zero-order valence-corrected chi connectivity index (χ0v) is 38.3. The summed E-state index contributed by atoms with van der Waals surface area (Å²) < 4.78 is 24.4. The zero-order valence-electron chi connectivity index (χ0n) is 38.3. The molecule has 3 N–H and O–H groups in total. The Kier molecular flexibility index (Phi) is 13.4. The predicted molar refractivity (Wildman–Crippen MR) is 246 cm³/mol. The van der Waals surface area contributed by atoms with E-state index in [0.717, 1.165) is 79.9 Å².